The Hall–Kier alpha value is -0.590. The zero-order chi connectivity index (χ0) is 8.27. The van der Waals surface area contributed by atoms with Gasteiger partial charge in [0.25, 0.3) is 0 Å². The average molecular weight is 154 g/mol. The van der Waals surface area contributed by atoms with Gasteiger partial charge >= 0.3 is 0 Å². The van der Waals surface area contributed by atoms with Gasteiger partial charge in [0, 0.05) is 13.1 Å². The Balaban J connectivity index is 2.35. The minimum Gasteiger partial charge on any atom is -0.393 e. The van der Waals surface area contributed by atoms with E-state index in [1.54, 1.807) is 0 Å². The highest BCUT2D eigenvalue weighted by atomic mass is 16.3. The van der Waals surface area contributed by atoms with Crippen molar-refractivity contribution in [2.24, 2.45) is 5.92 Å². The molecule has 1 rings (SSSR count). The maximum atomic E-state index is 9.35. The average Bonchev–Trinajstić information content (AvgIpc) is 1.98. The van der Waals surface area contributed by atoms with Crippen molar-refractivity contribution in [2.75, 3.05) is 19.6 Å². The summed E-state index contributed by atoms with van der Waals surface area (Å²) >= 11 is 0. The zero-order valence-electron chi connectivity index (χ0n) is 6.82. The molecule has 11 heavy (non-hydrogen) atoms. The number of piperidine rings is 1. The molecule has 0 saturated carbocycles. The number of hydrogen-bond acceptors (Lipinski definition) is 3. The topological polar surface area (TPSA) is 47.3 Å². The summed E-state index contributed by atoms with van der Waals surface area (Å²) < 4.78 is 0. The predicted octanol–water partition coefficient (Wildman–Crippen LogP) is 0.213. The van der Waals surface area contributed by atoms with E-state index >= 15 is 0 Å². The standard InChI is InChI=1S/C8H14N2O/c1-7-6-10(5-3-9)4-2-8(7)11/h7-8,11H,2,4-6H2,1H3. The fourth-order valence-corrected chi connectivity index (χ4v) is 1.46. The molecule has 1 N–H and O–H groups in total. The van der Waals surface area contributed by atoms with E-state index in [2.05, 4.69) is 11.0 Å². The molecular formula is C8H14N2O. The van der Waals surface area contributed by atoms with E-state index in [0.717, 1.165) is 19.5 Å². The van der Waals surface area contributed by atoms with E-state index in [0.29, 0.717) is 12.5 Å². The van der Waals surface area contributed by atoms with Crippen LogP contribution >= 0.6 is 0 Å². The summed E-state index contributed by atoms with van der Waals surface area (Å²) in [6.07, 6.45) is 0.646. The third-order valence-corrected chi connectivity index (χ3v) is 2.24. The number of nitrogens with zero attached hydrogens (tertiary/aromatic N) is 2. The second-order valence-corrected chi connectivity index (χ2v) is 3.23. The van der Waals surface area contributed by atoms with Crippen LogP contribution in [0.2, 0.25) is 0 Å². The molecule has 0 radical (unpaired) electrons. The van der Waals surface area contributed by atoms with E-state index in [-0.39, 0.29) is 6.10 Å². The first-order valence-electron chi connectivity index (χ1n) is 4.01. The first kappa shape index (κ1) is 8.51. The predicted molar refractivity (Wildman–Crippen MR) is 41.8 cm³/mol. The monoisotopic (exact) mass is 154 g/mol. The lowest BCUT2D eigenvalue weighted by molar-refractivity contribution is 0.0402. The number of rotatable bonds is 1. The van der Waals surface area contributed by atoms with Gasteiger partial charge in [0.15, 0.2) is 0 Å². The van der Waals surface area contributed by atoms with Crippen LogP contribution in [-0.4, -0.2) is 35.7 Å². The van der Waals surface area contributed by atoms with Crippen molar-refractivity contribution in [3.05, 3.63) is 0 Å². The van der Waals surface area contributed by atoms with E-state index in [9.17, 15) is 5.11 Å². The van der Waals surface area contributed by atoms with Gasteiger partial charge in [0.1, 0.15) is 0 Å². The Kier molecular flexibility index (Phi) is 2.86. The summed E-state index contributed by atoms with van der Waals surface area (Å²) in [5.74, 6) is 0.317. The molecule has 0 aromatic carbocycles. The maximum absolute atomic E-state index is 9.35. The van der Waals surface area contributed by atoms with Gasteiger partial charge in [-0.05, 0) is 12.3 Å². The van der Waals surface area contributed by atoms with Crippen LogP contribution in [0.25, 0.3) is 0 Å². The molecule has 1 heterocycles. The van der Waals surface area contributed by atoms with E-state index in [1.807, 2.05) is 6.92 Å². The van der Waals surface area contributed by atoms with Crippen LogP contribution < -0.4 is 0 Å². The zero-order valence-corrected chi connectivity index (χ0v) is 6.82. The highest BCUT2D eigenvalue weighted by molar-refractivity contribution is 4.83. The fraction of sp³-hybridized carbons (Fsp3) is 0.875. The summed E-state index contributed by atoms with van der Waals surface area (Å²) in [6.45, 7) is 4.24. The quantitative estimate of drug-likeness (QED) is 0.549. The number of likely N-dealkylation sites (tertiary alicyclic amines) is 1. The van der Waals surface area contributed by atoms with Crippen LogP contribution in [0.3, 0.4) is 0 Å². The molecule has 0 amide bonds. The number of aliphatic hydroxyl groups is 1. The van der Waals surface area contributed by atoms with Crippen LogP contribution in [0.4, 0.5) is 0 Å². The van der Waals surface area contributed by atoms with E-state index in [4.69, 9.17) is 5.26 Å². The van der Waals surface area contributed by atoms with Gasteiger partial charge in [-0.25, -0.2) is 0 Å². The lowest BCUT2D eigenvalue weighted by Gasteiger charge is -2.32. The molecule has 0 spiro atoms. The highest BCUT2D eigenvalue weighted by Crippen LogP contribution is 2.15. The Labute approximate surface area is 67.2 Å². The summed E-state index contributed by atoms with van der Waals surface area (Å²) in [4.78, 5) is 2.08. The molecule has 1 aliphatic heterocycles. The van der Waals surface area contributed by atoms with Crippen molar-refractivity contribution in [3.8, 4) is 6.07 Å². The second-order valence-electron chi connectivity index (χ2n) is 3.23. The van der Waals surface area contributed by atoms with Crippen molar-refractivity contribution < 1.29 is 5.11 Å². The van der Waals surface area contributed by atoms with Crippen LogP contribution in [0.5, 0.6) is 0 Å². The fourth-order valence-electron chi connectivity index (χ4n) is 1.46. The number of nitriles is 1. The smallest absolute Gasteiger partial charge is 0.0866 e. The van der Waals surface area contributed by atoms with Crippen molar-refractivity contribution >= 4 is 0 Å². The molecule has 62 valence electrons. The molecule has 0 aromatic heterocycles. The van der Waals surface area contributed by atoms with Crippen molar-refractivity contribution in [1.82, 2.24) is 4.90 Å². The molecule has 0 aromatic rings. The summed E-state index contributed by atoms with van der Waals surface area (Å²) in [5, 5.41) is 17.8. The lowest BCUT2D eigenvalue weighted by atomic mass is 9.97. The second kappa shape index (κ2) is 3.70. The molecule has 2 unspecified atom stereocenters. The minimum absolute atomic E-state index is 0.162. The minimum atomic E-state index is -0.162. The van der Waals surface area contributed by atoms with Crippen LogP contribution in [0.15, 0.2) is 0 Å². The highest BCUT2D eigenvalue weighted by Gasteiger charge is 2.23. The van der Waals surface area contributed by atoms with Crippen molar-refractivity contribution in [1.29, 1.82) is 5.26 Å². The summed E-state index contributed by atoms with van der Waals surface area (Å²) in [5.41, 5.74) is 0. The van der Waals surface area contributed by atoms with Gasteiger partial charge < -0.3 is 5.11 Å². The van der Waals surface area contributed by atoms with Gasteiger partial charge in [0.2, 0.25) is 0 Å². The van der Waals surface area contributed by atoms with Gasteiger partial charge in [0.05, 0.1) is 18.7 Å². The Bertz CT molecular complexity index is 164. The van der Waals surface area contributed by atoms with Crippen LogP contribution in [-0.2, 0) is 0 Å². The van der Waals surface area contributed by atoms with E-state index < -0.39 is 0 Å². The lowest BCUT2D eigenvalue weighted by Crippen LogP contribution is -2.41. The van der Waals surface area contributed by atoms with Crippen LogP contribution in [0, 0.1) is 17.2 Å². The Morgan fingerprint density at radius 1 is 1.73 bits per heavy atom. The normalized spacial score (nSPS) is 33.2. The van der Waals surface area contributed by atoms with Crippen molar-refractivity contribution in [2.45, 2.75) is 19.4 Å². The first-order valence-corrected chi connectivity index (χ1v) is 4.01. The SMILES string of the molecule is CC1CN(CC#N)CCC1O. The summed E-state index contributed by atoms with van der Waals surface area (Å²) in [6, 6.07) is 2.12. The Morgan fingerprint density at radius 3 is 3.00 bits per heavy atom. The third kappa shape index (κ3) is 2.18. The molecule has 1 fully saturated rings. The molecule has 2 atom stereocenters. The van der Waals surface area contributed by atoms with Crippen molar-refractivity contribution in [3.63, 3.8) is 0 Å². The van der Waals surface area contributed by atoms with Gasteiger partial charge in [-0.3, -0.25) is 4.90 Å². The van der Waals surface area contributed by atoms with Gasteiger partial charge in [-0.1, -0.05) is 6.92 Å². The van der Waals surface area contributed by atoms with E-state index in [1.165, 1.54) is 0 Å². The number of hydrogen-bond donors (Lipinski definition) is 1. The molecule has 0 bridgehead atoms. The third-order valence-electron chi connectivity index (χ3n) is 2.24. The molecule has 3 heteroatoms. The molecule has 1 saturated heterocycles. The van der Waals surface area contributed by atoms with Gasteiger partial charge in [-0.15, -0.1) is 0 Å². The van der Waals surface area contributed by atoms with Crippen LogP contribution in [0.1, 0.15) is 13.3 Å². The molecule has 0 aliphatic carbocycles. The maximum Gasteiger partial charge on any atom is 0.0866 e. The first-order chi connectivity index (χ1) is 5.24. The molecule has 3 nitrogen and oxygen atoms in total. The Morgan fingerprint density at radius 2 is 2.45 bits per heavy atom. The molecule has 1 aliphatic rings. The molecular weight excluding hydrogens is 140 g/mol. The number of aliphatic hydroxyl groups excluding tert-OH is 1. The van der Waals surface area contributed by atoms with Gasteiger partial charge in [-0.2, -0.15) is 5.26 Å². The summed E-state index contributed by atoms with van der Waals surface area (Å²) in [7, 11) is 0. The largest absolute Gasteiger partial charge is 0.393 e.